The molecule has 1 rings (SSSR count). The summed E-state index contributed by atoms with van der Waals surface area (Å²) in [7, 11) is 0. The van der Waals surface area contributed by atoms with Crippen molar-refractivity contribution in [2.24, 2.45) is 4.99 Å². The Kier molecular flexibility index (Phi) is 16.4. The van der Waals surface area contributed by atoms with Crippen molar-refractivity contribution in [1.82, 2.24) is 10.6 Å². The van der Waals surface area contributed by atoms with Gasteiger partial charge in [0, 0.05) is 26.3 Å². The maximum absolute atomic E-state index is 10.1. The van der Waals surface area contributed by atoms with Gasteiger partial charge in [0.15, 0.2) is 5.96 Å². The van der Waals surface area contributed by atoms with E-state index in [-0.39, 0.29) is 37.1 Å². The predicted octanol–water partition coefficient (Wildman–Crippen LogP) is 3.11. The van der Waals surface area contributed by atoms with Gasteiger partial charge in [-0.1, -0.05) is 25.5 Å². The molecule has 1 unspecified atom stereocenters. The Morgan fingerprint density at radius 1 is 1.19 bits per heavy atom. The number of aliphatic hydroxyl groups excluding tert-OH is 1. The number of halogens is 1. The molecule has 0 aliphatic rings. The number of ether oxygens (including phenoxy) is 2. The van der Waals surface area contributed by atoms with Crippen molar-refractivity contribution in [3.05, 3.63) is 29.8 Å². The summed E-state index contributed by atoms with van der Waals surface area (Å²) in [5.74, 6) is 1.47. The summed E-state index contributed by atoms with van der Waals surface area (Å²) in [6.07, 6.45) is 2.54. The van der Waals surface area contributed by atoms with Crippen LogP contribution in [-0.2, 0) is 4.74 Å². The Bertz CT molecular complexity index is 515. The third-order valence-corrected chi connectivity index (χ3v) is 3.64. The number of aliphatic hydroxyl groups is 1. The third kappa shape index (κ3) is 13.7. The van der Waals surface area contributed by atoms with Crippen LogP contribution < -0.4 is 15.4 Å². The van der Waals surface area contributed by atoms with Crippen LogP contribution in [0, 0.1) is 6.92 Å². The number of guanidine groups is 1. The summed E-state index contributed by atoms with van der Waals surface area (Å²) in [4.78, 5) is 4.41. The molecule has 7 heteroatoms. The first kappa shape index (κ1) is 25.9. The van der Waals surface area contributed by atoms with Crippen LogP contribution >= 0.6 is 24.0 Å². The van der Waals surface area contributed by atoms with Gasteiger partial charge in [-0.25, -0.2) is 0 Å². The molecule has 0 saturated heterocycles. The summed E-state index contributed by atoms with van der Waals surface area (Å²) in [6.45, 7) is 9.83. The lowest BCUT2D eigenvalue weighted by Crippen LogP contribution is -2.39. The number of nitrogens with zero attached hydrogens (tertiary/aromatic N) is 1. The van der Waals surface area contributed by atoms with E-state index in [9.17, 15) is 5.11 Å². The zero-order valence-electron chi connectivity index (χ0n) is 16.9. The van der Waals surface area contributed by atoms with E-state index in [0.717, 1.165) is 56.9 Å². The number of aliphatic imine (C=N–C) groups is 1. The van der Waals surface area contributed by atoms with E-state index in [1.54, 1.807) is 0 Å². The first-order chi connectivity index (χ1) is 12.7. The molecule has 6 nitrogen and oxygen atoms in total. The summed E-state index contributed by atoms with van der Waals surface area (Å²) in [6, 6.07) is 7.78. The number of aryl methyl sites for hydroxylation is 1. The van der Waals surface area contributed by atoms with E-state index >= 15 is 0 Å². The second-order valence-corrected chi connectivity index (χ2v) is 6.25. The number of benzene rings is 1. The second-order valence-electron chi connectivity index (χ2n) is 6.25. The van der Waals surface area contributed by atoms with Crippen LogP contribution in [0.25, 0.3) is 0 Å². The Morgan fingerprint density at radius 2 is 1.96 bits per heavy atom. The Morgan fingerprint density at radius 3 is 2.67 bits per heavy atom. The summed E-state index contributed by atoms with van der Waals surface area (Å²) >= 11 is 0. The molecule has 156 valence electrons. The fourth-order valence-corrected chi connectivity index (χ4v) is 2.22. The van der Waals surface area contributed by atoms with Gasteiger partial charge in [0.25, 0.3) is 0 Å². The zero-order valence-corrected chi connectivity index (χ0v) is 19.2. The summed E-state index contributed by atoms with van der Waals surface area (Å²) in [5.41, 5.74) is 1.13. The standard InChI is InChI=1S/C20H35N3O3.HI/c1-4-6-12-25-13-8-11-22-20(21-5-2)23-15-18(24)16-26-19-10-7-9-17(3)14-19;/h7,9-10,14,18,24H,4-6,8,11-13,15-16H2,1-3H3,(H2,21,22,23);1H. The Balaban J connectivity index is 0.00000676. The highest BCUT2D eigenvalue weighted by Gasteiger charge is 2.06. The molecule has 0 radical (unpaired) electrons. The SMILES string of the molecule is CCCCOCCCNC(=NCC(O)COc1cccc(C)c1)NCC.I. The molecule has 0 aliphatic heterocycles. The molecule has 1 aromatic carbocycles. The normalized spacial score (nSPS) is 12.2. The monoisotopic (exact) mass is 493 g/mol. The first-order valence-electron chi connectivity index (χ1n) is 9.63. The van der Waals surface area contributed by atoms with Crippen LogP contribution in [0.5, 0.6) is 5.75 Å². The van der Waals surface area contributed by atoms with Gasteiger partial charge in [0.05, 0.1) is 6.54 Å². The lowest BCUT2D eigenvalue weighted by molar-refractivity contribution is 0.114. The van der Waals surface area contributed by atoms with Crippen LogP contribution in [0.1, 0.15) is 38.7 Å². The van der Waals surface area contributed by atoms with Gasteiger partial charge in [-0.05, 0) is 44.4 Å². The average molecular weight is 493 g/mol. The lowest BCUT2D eigenvalue weighted by Gasteiger charge is -2.14. The van der Waals surface area contributed by atoms with Gasteiger partial charge in [-0.2, -0.15) is 0 Å². The van der Waals surface area contributed by atoms with Crippen molar-refractivity contribution in [3.63, 3.8) is 0 Å². The largest absolute Gasteiger partial charge is 0.491 e. The van der Waals surface area contributed by atoms with E-state index in [0.29, 0.717) is 5.96 Å². The zero-order chi connectivity index (χ0) is 19.0. The van der Waals surface area contributed by atoms with Crippen LogP contribution in [0.3, 0.4) is 0 Å². The van der Waals surface area contributed by atoms with Crippen molar-refractivity contribution in [3.8, 4) is 5.75 Å². The first-order valence-corrected chi connectivity index (χ1v) is 9.63. The Hall–Kier alpha value is -1.06. The van der Waals surface area contributed by atoms with Gasteiger partial charge in [-0.15, -0.1) is 24.0 Å². The minimum Gasteiger partial charge on any atom is -0.491 e. The van der Waals surface area contributed by atoms with E-state index in [2.05, 4.69) is 22.5 Å². The van der Waals surface area contributed by atoms with Crippen LogP contribution in [0.15, 0.2) is 29.3 Å². The maximum Gasteiger partial charge on any atom is 0.191 e. The fourth-order valence-electron chi connectivity index (χ4n) is 2.22. The number of nitrogens with one attached hydrogen (secondary N) is 2. The molecule has 0 heterocycles. The topological polar surface area (TPSA) is 75.1 Å². The van der Waals surface area contributed by atoms with Crippen molar-refractivity contribution in [2.75, 3.05) is 39.5 Å². The highest BCUT2D eigenvalue weighted by atomic mass is 127. The molecule has 0 saturated carbocycles. The Labute approximate surface area is 181 Å². The number of rotatable bonds is 13. The molecule has 1 atom stereocenters. The van der Waals surface area contributed by atoms with Crippen molar-refractivity contribution in [1.29, 1.82) is 0 Å². The van der Waals surface area contributed by atoms with Gasteiger partial charge in [-0.3, -0.25) is 4.99 Å². The fraction of sp³-hybridized carbons (Fsp3) is 0.650. The number of unbranched alkanes of at least 4 members (excludes halogenated alkanes) is 1. The highest BCUT2D eigenvalue weighted by Crippen LogP contribution is 2.12. The van der Waals surface area contributed by atoms with Crippen LogP contribution in [0.4, 0.5) is 0 Å². The minimum atomic E-state index is -0.650. The van der Waals surface area contributed by atoms with E-state index in [1.807, 2.05) is 38.1 Å². The average Bonchev–Trinajstić information content (AvgIpc) is 2.63. The molecule has 0 spiro atoms. The molecule has 0 bridgehead atoms. The van der Waals surface area contributed by atoms with Gasteiger partial charge >= 0.3 is 0 Å². The van der Waals surface area contributed by atoms with Gasteiger partial charge in [0.1, 0.15) is 18.5 Å². The van der Waals surface area contributed by atoms with Crippen LogP contribution in [-0.4, -0.2) is 56.6 Å². The molecule has 0 aromatic heterocycles. The molecule has 27 heavy (non-hydrogen) atoms. The molecule has 0 amide bonds. The molecular formula is C20H36IN3O3. The molecular weight excluding hydrogens is 457 g/mol. The van der Waals surface area contributed by atoms with E-state index in [1.165, 1.54) is 0 Å². The highest BCUT2D eigenvalue weighted by molar-refractivity contribution is 14.0. The molecule has 0 fully saturated rings. The van der Waals surface area contributed by atoms with Crippen molar-refractivity contribution in [2.45, 2.75) is 46.1 Å². The maximum atomic E-state index is 10.1. The van der Waals surface area contributed by atoms with Gasteiger partial charge < -0.3 is 25.2 Å². The third-order valence-electron chi connectivity index (χ3n) is 3.64. The number of hydrogen-bond acceptors (Lipinski definition) is 4. The lowest BCUT2D eigenvalue weighted by atomic mass is 10.2. The van der Waals surface area contributed by atoms with Crippen molar-refractivity contribution >= 4 is 29.9 Å². The van der Waals surface area contributed by atoms with E-state index in [4.69, 9.17) is 9.47 Å². The summed E-state index contributed by atoms with van der Waals surface area (Å²) < 4.78 is 11.1. The van der Waals surface area contributed by atoms with Crippen LogP contribution in [0.2, 0.25) is 0 Å². The minimum absolute atomic E-state index is 0. The molecule has 1 aromatic rings. The smallest absolute Gasteiger partial charge is 0.191 e. The molecule has 0 aliphatic carbocycles. The predicted molar refractivity (Wildman–Crippen MR) is 122 cm³/mol. The second kappa shape index (κ2) is 17.1. The molecule has 3 N–H and O–H groups in total. The van der Waals surface area contributed by atoms with E-state index < -0.39 is 6.10 Å². The summed E-state index contributed by atoms with van der Waals surface area (Å²) in [5, 5.41) is 16.5. The quantitative estimate of drug-likeness (QED) is 0.171. The van der Waals surface area contributed by atoms with Gasteiger partial charge in [0.2, 0.25) is 0 Å². The van der Waals surface area contributed by atoms with Crippen molar-refractivity contribution < 1.29 is 14.6 Å². The number of hydrogen-bond donors (Lipinski definition) is 3.